The Morgan fingerprint density at radius 1 is 1.47 bits per heavy atom. The van der Waals surface area contributed by atoms with Crippen molar-refractivity contribution in [3.63, 3.8) is 0 Å². The average Bonchev–Trinajstić information content (AvgIpc) is 2.13. The highest BCUT2D eigenvalue weighted by Crippen LogP contribution is 2.23. The molecule has 0 saturated carbocycles. The number of rotatable bonds is 1. The Bertz CT molecular complexity index is 289. The molecule has 5 heteroatoms. The number of piperazine rings is 1. The highest BCUT2D eigenvalue weighted by Gasteiger charge is 2.43. The summed E-state index contributed by atoms with van der Waals surface area (Å²) in [5.41, 5.74) is -0.784. The second-order valence-corrected chi connectivity index (χ2v) is 5.05. The van der Waals surface area contributed by atoms with Gasteiger partial charge in [0.25, 0.3) is 0 Å². The number of hydrogen-bond acceptors (Lipinski definition) is 2. The van der Waals surface area contributed by atoms with Gasteiger partial charge in [-0.1, -0.05) is 0 Å². The minimum Gasteiger partial charge on any atom is -0.342 e. The molecule has 1 aliphatic heterocycles. The van der Waals surface area contributed by atoms with E-state index in [0.29, 0.717) is 13.1 Å². The molecule has 1 atom stereocenters. The van der Waals surface area contributed by atoms with E-state index in [1.807, 2.05) is 0 Å². The lowest BCUT2D eigenvalue weighted by Gasteiger charge is -2.45. The molecule has 86 valence electrons. The van der Waals surface area contributed by atoms with Gasteiger partial charge in [-0.3, -0.25) is 9.59 Å². The standard InChI is InChI=1S/C10H17ClN2O2/c1-7(11)8(14)13-6-5-12(4)9(15)10(13,2)3/h7H,5-6H2,1-4H3. The van der Waals surface area contributed by atoms with Crippen LogP contribution in [0.4, 0.5) is 0 Å². The fraction of sp³-hybridized carbons (Fsp3) is 0.800. The molecule has 2 amide bonds. The third-order valence-electron chi connectivity index (χ3n) is 2.81. The predicted molar refractivity (Wildman–Crippen MR) is 58.7 cm³/mol. The van der Waals surface area contributed by atoms with Gasteiger partial charge in [-0.05, 0) is 20.8 Å². The van der Waals surface area contributed by atoms with Crippen molar-refractivity contribution < 1.29 is 9.59 Å². The molecule has 0 N–H and O–H groups in total. The molecule has 1 heterocycles. The highest BCUT2D eigenvalue weighted by atomic mass is 35.5. The van der Waals surface area contributed by atoms with Gasteiger partial charge in [0.1, 0.15) is 10.9 Å². The van der Waals surface area contributed by atoms with Gasteiger partial charge in [-0.15, -0.1) is 11.6 Å². The van der Waals surface area contributed by atoms with E-state index in [2.05, 4.69) is 0 Å². The Morgan fingerprint density at radius 3 is 2.47 bits per heavy atom. The zero-order chi connectivity index (χ0) is 11.8. The van der Waals surface area contributed by atoms with Crippen molar-refractivity contribution in [2.24, 2.45) is 0 Å². The fourth-order valence-electron chi connectivity index (χ4n) is 1.81. The minimum atomic E-state index is -0.784. The van der Waals surface area contributed by atoms with Crippen molar-refractivity contribution >= 4 is 23.4 Å². The van der Waals surface area contributed by atoms with Gasteiger partial charge in [-0.25, -0.2) is 0 Å². The molecular formula is C10H17ClN2O2. The largest absolute Gasteiger partial charge is 0.342 e. The maximum Gasteiger partial charge on any atom is 0.247 e. The first-order valence-electron chi connectivity index (χ1n) is 4.99. The molecule has 1 rings (SSSR count). The normalized spacial score (nSPS) is 22.9. The Labute approximate surface area is 95.2 Å². The van der Waals surface area contributed by atoms with E-state index in [1.165, 1.54) is 0 Å². The van der Waals surface area contributed by atoms with E-state index in [0.717, 1.165) is 0 Å². The van der Waals surface area contributed by atoms with Crippen LogP contribution in [0.15, 0.2) is 0 Å². The average molecular weight is 233 g/mol. The lowest BCUT2D eigenvalue weighted by molar-refractivity contribution is -0.156. The van der Waals surface area contributed by atoms with Crippen LogP contribution in [0.2, 0.25) is 0 Å². The molecule has 0 aliphatic carbocycles. The summed E-state index contributed by atoms with van der Waals surface area (Å²) in [4.78, 5) is 26.9. The zero-order valence-corrected chi connectivity index (χ0v) is 10.3. The summed E-state index contributed by atoms with van der Waals surface area (Å²) in [5.74, 6) is -0.220. The van der Waals surface area contributed by atoms with Gasteiger partial charge < -0.3 is 9.80 Å². The van der Waals surface area contributed by atoms with Crippen molar-refractivity contribution in [1.82, 2.24) is 9.80 Å². The summed E-state index contributed by atoms with van der Waals surface area (Å²) in [7, 11) is 1.75. The first kappa shape index (κ1) is 12.3. The second kappa shape index (κ2) is 4.00. The molecule has 1 fully saturated rings. The van der Waals surface area contributed by atoms with Gasteiger partial charge in [0.05, 0.1) is 0 Å². The van der Waals surface area contributed by atoms with Crippen LogP contribution in [0.3, 0.4) is 0 Å². The third kappa shape index (κ3) is 2.09. The molecule has 0 spiro atoms. The predicted octanol–water partition coefficient (Wildman–Crippen LogP) is 0.693. The van der Waals surface area contributed by atoms with Crippen LogP contribution in [-0.2, 0) is 9.59 Å². The summed E-state index contributed by atoms with van der Waals surface area (Å²) in [6, 6.07) is 0. The molecule has 4 nitrogen and oxygen atoms in total. The van der Waals surface area contributed by atoms with Gasteiger partial charge in [-0.2, -0.15) is 0 Å². The number of hydrogen-bond donors (Lipinski definition) is 0. The number of carbonyl (C=O) groups excluding carboxylic acids is 2. The van der Waals surface area contributed by atoms with Crippen LogP contribution in [0.1, 0.15) is 20.8 Å². The van der Waals surface area contributed by atoms with Crippen LogP contribution in [0.25, 0.3) is 0 Å². The van der Waals surface area contributed by atoms with Gasteiger partial charge in [0, 0.05) is 20.1 Å². The Hall–Kier alpha value is -0.770. The molecule has 0 aromatic heterocycles. The summed E-state index contributed by atoms with van der Waals surface area (Å²) >= 11 is 5.76. The van der Waals surface area contributed by atoms with Crippen LogP contribution in [0.5, 0.6) is 0 Å². The number of nitrogens with zero attached hydrogens (tertiary/aromatic N) is 2. The first-order valence-corrected chi connectivity index (χ1v) is 5.43. The Morgan fingerprint density at radius 2 is 2.00 bits per heavy atom. The van der Waals surface area contributed by atoms with Crippen molar-refractivity contribution in [2.45, 2.75) is 31.7 Å². The smallest absolute Gasteiger partial charge is 0.247 e. The topological polar surface area (TPSA) is 40.6 Å². The maximum atomic E-state index is 11.9. The Balaban J connectivity index is 2.92. The number of alkyl halides is 1. The van der Waals surface area contributed by atoms with Gasteiger partial charge in [0.2, 0.25) is 11.8 Å². The fourth-order valence-corrected chi connectivity index (χ4v) is 1.93. The van der Waals surface area contributed by atoms with Gasteiger partial charge in [0.15, 0.2) is 0 Å². The molecular weight excluding hydrogens is 216 g/mol. The summed E-state index contributed by atoms with van der Waals surface area (Å²) in [6.45, 7) is 6.25. The summed E-state index contributed by atoms with van der Waals surface area (Å²) < 4.78 is 0. The first-order chi connectivity index (χ1) is 6.78. The van der Waals surface area contributed by atoms with Crippen molar-refractivity contribution in [3.8, 4) is 0 Å². The molecule has 1 unspecified atom stereocenters. The van der Waals surface area contributed by atoms with Crippen molar-refractivity contribution in [3.05, 3.63) is 0 Å². The highest BCUT2D eigenvalue weighted by molar-refractivity contribution is 6.30. The van der Waals surface area contributed by atoms with E-state index < -0.39 is 10.9 Å². The molecule has 0 aromatic carbocycles. The number of likely N-dealkylation sites (N-methyl/N-ethyl adjacent to an activating group) is 1. The monoisotopic (exact) mass is 232 g/mol. The molecule has 1 aliphatic rings. The van der Waals surface area contributed by atoms with Gasteiger partial charge >= 0.3 is 0 Å². The number of amides is 2. The van der Waals surface area contributed by atoms with E-state index in [1.54, 1.807) is 37.6 Å². The van der Waals surface area contributed by atoms with E-state index >= 15 is 0 Å². The molecule has 0 bridgehead atoms. The van der Waals surface area contributed by atoms with Crippen LogP contribution in [-0.4, -0.2) is 52.7 Å². The molecule has 1 saturated heterocycles. The van der Waals surface area contributed by atoms with E-state index in [9.17, 15) is 9.59 Å². The summed E-state index contributed by atoms with van der Waals surface area (Å²) in [5, 5.41) is -0.583. The molecule has 0 radical (unpaired) electrons. The number of halogens is 1. The maximum absolute atomic E-state index is 11.9. The molecule has 15 heavy (non-hydrogen) atoms. The SMILES string of the molecule is CC(Cl)C(=O)N1CCN(C)C(=O)C1(C)C. The quantitative estimate of drug-likeness (QED) is 0.625. The lowest BCUT2D eigenvalue weighted by atomic mass is 9.97. The minimum absolute atomic E-state index is 0.0422. The summed E-state index contributed by atoms with van der Waals surface area (Å²) in [6.07, 6.45) is 0. The van der Waals surface area contributed by atoms with Crippen LogP contribution < -0.4 is 0 Å². The lowest BCUT2D eigenvalue weighted by Crippen LogP contribution is -2.64. The van der Waals surface area contributed by atoms with E-state index in [4.69, 9.17) is 11.6 Å². The second-order valence-electron chi connectivity index (χ2n) is 4.39. The third-order valence-corrected chi connectivity index (χ3v) is 3.00. The molecule has 0 aromatic rings. The van der Waals surface area contributed by atoms with Crippen LogP contribution in [0, 0.1) is 0 Å². The Kier molecular flexibility index (Phi) is 3.28. The van der Waals surface area contributed by atoms with Crippen LogP contribution >= 0.6 is 11.6 Å². The zero-order valence-electron chi connectivity index (χ0n) is 9.58. The van der Waals surface area contributed by atoms with Crippen molar-refractivity contribution in [2.75, 3.05) is 20.1 Å². The number of carbonyl (C=O) groups is 2. The van der Waals surface area contributed by atoms with E-state index in [-0.39, 0.29) is 11.8 Å². The van der Waals surface area contributed by atoms with Crippen molar-refractivity contribution in [1.29, 1.82) is 0 Å².